The summed E-state index contributed by atoms with van der Waals surface area (Å²) in [6.07, 6.45) is 5.88. The Morgan fingerprint density at radius 2 is 1.43 bits per heavy atom. The van der Waals surface area contributed by atoms with Crippen LogP contribution in [-0.2, 0) is 5.41 Å². The fourth-order valence-corrected chi connectivity index (χ4v) is 4.82. The van der Waals surface area contributed by atoms with Crippen LogP contribution in [-0.4, -0.2) is 14.5 Å². The van der Waals surface area contributed by atoms with Gasteiger partial charge in [0.15, 0.2) is 0 Å². The van der Waals surface area contributed by atoms with Crippen LogP contribution in [0, 0.1) is 0 Å². The summed E-state index contributed by atoms with van der Waals surface area (Å²) < 4.78 is 2.08. The minimum Gasteiger partial charge on any atom is -0.285 e. The highest BCUT2D eigenvalue weighted by atomic mass is 15.1. The van der Waals surface area contributed by atoms with Crippen LogP contribution in [0.1, 0.15) is 25.0 Å². The Balaban J connectivity index is 1.50. The molecule has 1 aliphatic carbocycles. The van der Waals surface area contributed by atoms with E-state index in [4.69, 9.17) is 0 Å². The zero-order valence-corrected chi connectivity index (χ0v) is 17.0. The van der Waals surface area contributed by atoms with E-state index in [9.17, 15) is 0 Å². The molecule has 0 saturated carbocycles. The monoisotopic (exact) mass is 387 g/mol. The third-order valence-electron chi connectivity index (χ3n) is 6.38. The van der Waals surface area contributed by atoms with Crippen LogP contribution in [0.2, 0.25) is 0 Å². The van der Waals surface area contributed by atoms with E-state index in [0.29, 0.717) is 5.95 Å². The third kappa shape index (κ3) is 2.32. The summed E-state index contributed by atoms with van der Waals surface area (Å²) in [4.78, 5) is 9.33. The second kappa shape index (κ2) is 6.14. The van der Waals surface area contributed by atoms with E-state index in [1.807, 2.05) is 30.6 Å². The molecule has 0 atom stereocenters. The van der Waals surface area contributed by atoms with Crippen LogP contribution in [0.4, 0.5) is 0 Å². The first-order valence-electron chi connectivity index (χ1n) is 10.3. The lowest BCUT2D eigenvalue weighted by Crippen LogP contribution is -2.14. The number of fused-ring (bicyclic) bond motifs is 5. The number of benzene rings is 3. The SMILES string of the molecule is CC1(C)c2ccccc2-c2c1ccc1c2ccn1-c1ncc(-c2ccccc2)cn1. The van der Waals surface area contributed by atoms with Crippen molar-refractivity contribution in [2.24, 2.45) is 0 Å². The molecule has 30 heavy (non-hydrogen) atoms. The zero-order chi connectivity index (χ0) is 20.3. The van der Waals surface area contributed by atoms with Gasteiger partial charge in [-0.15, -0.1) is 0 Å². The molecular formula is C27H21N3. The summed E-state index contributed by atoms with van der Waals surface area (Å²) in [5.74, 6) is 0.690. The molecule has 0 fully saturated rings. The fraction of sp³-hybridized carbons (Fsp3) is 0.111. The molecular weight excluding hydrogens is 366 g/mol. The van der Waals surface area contributed by atoms with Gasteiger partial charge < -0.3 is 0 Å². The van der Waals surface area contributed by atoms with E-state index in [2.05, 4.69) is 89.2 Å². The Hall–Kier alpha value is -3.72. The molecule has 0 saturated heterocycles. The molecule has 2 heterocycles. The summed E-state index contributed by atoms with van der Waals surface area (Å²) in [7, 11) is 0. The second-order valence-corrected chi connectivity index (χ2v) is 8.42. The molecule has 144 valence electrons. The van der Waals surface area contributed by atoms with E-state index >= 15 is 0 Å². The van der Waals surface area contributed by atoms with Crippen molar-refractivity contribution >= 4 is 10.9 Å². The minimum atomic E-state index is 0.00997. The van der Waals surface area contributed by atoms with Crippen molar-refractivity contribution in [3.8, 4) is 28.2 Å². The van der Waals surface area contributed by atoms with E-state index in [0.717, 1.165) is 16.6 Å². The minimum absolute atomic E-state index is 0.00997. The van der Waals surface area contributed by atoms with Crippen molar-refractivity contribution in [1.29, 1.82) is 0 Å². The van der Waals surface area contributed by atoms with Crippen molar-refractivity contribution < 1.29 is 0 Å². The molecule has 0 spiro atoms. The van der Waals surface area contributed by atoms with Gasteiger partial charge in [0.1, 0.15) is 0 Å². The Kier molecular flexibility index (Phi) is 3.51. The molecule has 0 N–H and O–H groups in total. The lowest BCUT2D eigenvalue weighted by molar-refractivity contribution is 0.661. The molecule has 6 rings (SSSR count). The van der Waals surface area contributed by atoms with Gasteiger partial charge in [0.05, 0.1) is 5.52 Å². The van der Waals surface area contributed by atoms with Crippen molar-refractivity contribution in [2.75, 3.05) is 0 Å². The maximum atomic E-state index is 4.67. The normalized spacial score (nSPS) is 13.9. The van der Waals surface area contributed by atoms with Crippen LogP contribution in [0.5, 0.6) is 0 Å². The summed E-state index contributed by atoms with van der Waals surface area (Å²) in [6.45, 7) is 4.62. The zero-order valence-electron chi connectivity index (χ0n) is 17.0. The van der Waals surface area contributed by atoms with Gasteiger partial charge >= 0.3 is 0 Å². The highest BCUT2D eigenvalue weighted by Crippen LogP contribution is 2.51. The van der Waals surface area contributed by atoms with Gasteiger partial charge in [0, 0.05) is 35.0 Å². The van der Waals surface area contributed by atoms with Gasteiger partial charge in [-0.25, -0.2) is 9.97 Å². The molecule has 3 aromatic carbocycles. The average molecular weight is 387 g/mol. The molecule has 0 bridgehead atoms. The van der Waals surface area contributed by atoms with Gasteiger partial charge in [-0.05, 0) is 39.9 Å². The van der Waals surface area contributed by atoms with Gasteiger partial charge in [-0.2, -0.15) is 0 Å². The Morgan fingerprint density at radius 1 is 0.700 bits per heavy atom. The van der Waals surface area contributed by atoms with Crippen LogP contribution in [0.25, 0.3) is 39.1 Å². The van der Waals surface area contributed by atoms with Crippen molar-refractivity contribution in [2.45, 2.75) is 19.3 Å². The smallest absolute Gasteiger partial charge is 0.234 e. The summed E-state index contributed by atoms with van der Waals surface area (Å²) >= 11 is 0. The molecule has 0 amide bonds. The molecule has 0 unspecified atom stereocenters. The van der Waals surface area contributed by atoms with Crippen LogP contribution in [0.15, 0.2) is 91.4 Å². The van der Waals surface area contributed by atoms with E-state index in [1.54, 1.807) is 0 Å². The fourth-order valence-electron chi connectivity index (χ4n) is 4.82. The second-order valence-electron chi connectivity index (χ2n) is 8.42. The predicted molar refractivity (Wildman–Crippen MR) is 122 cm³/mol. The first-order valence-corrected chi connectivity index (χ1v) is 10.3. The van der Waals surface area contributed by atoms with Crippen molar-refractivity contribution in [3.63, 3.8) is 0 Å². The van der Waals surface area contributed by atoms with Crippen LogP contribution < -0.4 is 0 Å². The van der Waals surface area contributed by atoms with Gasteiger partial charge in [0.2, 0.25) is 5.95 Å². The van der Waals surface area contributed by atoms with E-state index < -0.39 is 0 Å². The lowest BCUT2D eigenvalue weighted by atomic mass is 9.82. The van der Waals surface area contributed by atoms with E-state index in [1.165, 1.54) is 27.6 Å². The largest absolute Gasteiger partial charge is 0.285 e. The highest BCUT2D eigenvalue weighted by molar-refractivity contribution is 6.02. The number of aromatic nitrogens is 3. The quantitative estimate of drug-likeness (QED) is 0.351. The number of hydrogen-bond acceptors (Lipinski definition) is 2. The van der Waals surface area contributed by atoms with Crippen LogP contribution in [0.3, 0.4) is 0 Å². The summed E-state index contributed by atoms with van der Waals surface area (Å²) in [5.41, 5.74) is 8.74. The number of nitrogens with zero attached hydrogens (tertiary/aromatic N) is 3. The predicted octanol–water partition coefficient (Wildman–Crippen LogP) is 6.39. The summed E-state index contributed by atoms with van der Waals surface area (Å²) in [6, 6.07) is 25.7. The Morgan fingerprint density at radius 3 is 2.23 bits per heavy atom. The Bertz CT molecular complexity index is 1390. The molecule has 3 heteroatoms. The number of hydrogen-bond donors (Lipinski definition) is 0. The first kappa shape index (κ1) is 17.2. The highest BCUT2D eigenvalue weighted by Gasteiger charge is 2.36. The summed E-state index contributed by atoms with van der Waals surface area (Å²) in [5, 5.41) is 1.25. The molecule has 0 radical (unpaired) electrons. The third-order valence-corrected chi connectivity index (χ3v) is 6.38. The Labute approximate surface area is 175 Å². The van der Waals surface area contributed by atoms with Crippen molar-refractivity contribution in [3.05, 3.63) is 103 Å². The first-order chi connectivity index (χ1) is 14.6. The number of rotatable bonds is 2. The van der Waals surface area contributed by atoms with Gasteiger partial charge in [-0.1, -0.05) is 74.5 Å². The molecule has 0 aliphatic heterocycles. The maximum absolute atomic E-state index is 4.67. The molecule has 3 nitrogen and oxygen atoms in total. The van der Waals surface area contributed by atoms with Crippen LogP contribution >= 0.6 is 0 Å². The lowest BCUT2D eigenvalue weighted by Gasteiger charge is -2.21. The van der Waals surface area contributed by atoms with Crippen molar-refractivity contribution in [1.82, 2.24) is 14.5 Å². The van der Waals surface area contributed by atoms with E-state index in [-0.39, 0.29) is 5.41 Å². The van der Waals surface area contributed by atoms with Gasteiger partial charge in [-0.3, -0.25) is 4.57 Å². The molecule has 1 aliphatic rings. The standard InChI is InChI=1S/C27H21N3/c1-27(2)22-11-7-6-10-20(22)25-21-14-15-30(24(21)13-12-23(25)27)26-28-16-19(17-29-26)18-8-4-3-5-9-18/h3-17H,1-2H3. The molecule has 5 aromatic rings. The topological polar surface area (TPSA) is 30.7 Å². The maximum Gasteiger partial charge on any atom is 0.234 e. The average Bonchev–Trinajstić information content (AvgIpc) is 3.32. The van der Waals surface area contributed by atoms with Gasteiger partial charge in [0.25, 0.3) is 0 Å². The molecule has 2 aromatic heterocycles.